The summed E-state index contributed by atoms with van der Waals surface area (Å²) in [5.41, 5.74) is 3.85. The highest BCUT2D eigenvalue weighted by atomic mass is 16.5. The quantitative estimate of drug-likeness (QED) is 0.422. The van der Waals surface area contributed by atoms with E-state index >= 15 is 0 Å². The maximum atomic E-state index is 11.8. The molecule has 1 amide bonds. The third kappa shape index (κ3) is 4.94. The predicted molar refractivity (Wildman–Crippen MR) is 126 cm³/mol. The molecule has 0 aromatic heterocycles. The number of carbonyl (C=O) groups is 1. The van der Waals surface area contributed by atoms with Crippen LogP contribution in [0.15, 0.2) is 60.7 Å². The minimum Gasteiger partial charge on any atom is -0.508 e. The average molecular weight is 443 g/mol. The fraction of sp³-hybridized carbons (Fsp3) is 0.222. The first kappa shape index (κ1) is 22.3. The molecule has 33 heavy (non-hydrogen) atoms. The van der Waals surface area contributed by atoms with Crippen LogP contribution in [0.3, 0.4) is 0 Å². The molecule has 168 valence electrons. The number of nitrogens with one attached hydrogen (secondary N) is 1. The van der Waals surface area contributed by atoms with Gasteiger partial charge in [0, 0.05) is 22.9 Å². The highest BCUT2D eigenvalue weighted by Gasteiger charge is 2.26. The summed E-state index contributed by atoms with van der Waals surface area (Å²) in [7, 11) is 3.14. The number of ether oxygens (including phenoxy) is 3. The Morgan fingerprint density at radius 1 is 1.03 bits per heavy atom. The molecule has 1 aliphatic rings. The number of phenols is 1. The van der Waals surface area contributed by atoms with Gasteiger partial charge in [-0.3, -0.25) is 4.79 Å². The molecule has 3 aromatic rings. The van der Waals surface area contributed by atoms with E-state index in [1.54, 1.807) is 26.4 Å². The zero-order valence-electron chi connectivity index (χ0n) is 18.6. The number of fused-ring (bicyclic) bond motifs is 1. The SMILES string of the molecule is COc1cccc(C(C#CCOCc2ccccc2)c2cc3c(cc2O)NC(=O)C3)c1OC. The van der Waals surface area contributed by atoms with E-state index in [-0.39, 0.29) is 24.7 Å². The van der Waals surface area contributed by atoms with Gasteiger partial charge >= 0.3 is 0 Å². The maximum absolute atomic E-state index is 11.8. The number of amides is 1. The molecule has 0 bridgehead atoms. The van der Waals surface area contributed by atoms with Gasteiger partial charge in [0.25, 0.3) is 0 Å². The Labute approximate surface area is 193 Å². The Bertz CT molecular complexity index is 1210. The molecule has 0 saturated heterocycles. The highest BCUT2D eigenvalue weighted by Crippen LogP contribution is 2.42. The molecular formula is C27H25NO5. The smallest absolute Gasteiger partial charge is 0.228 e. The van der Waals surface area contributed by atoms with Gasteiger partial charge in [0.05, 0.1) is 33.2 Å². The van der Waals surface area contributed by atoms with Crippen molar-refractivity contribution in [2.75, 3.05) is 26.1 Å². The second-order valence-electron chi connectivity index (χ2n) is 7.61. The number of aromatic hydroxyl groups is 1. The number of carbonyl (C=O) groups excluding carboxylic acids is 1. The number of hydrogen-bond acceptors (Lipinski definition) is 5. The molecule has 0 fully saturated rings. The van der Waals surface area contributed by atoms with E-state index in [4.69, 9.17) is 14.2 Å². The lowest BCUT2D eigenvalue weighted by molar-refractivity contribution is -0.115. The summed E-state index contributed by atoms with van der Waals surface area (Å²) in [5.74, 6) is 6.85. The highest BCUT2D eigenvalue weighted by molar-refractivity contribution is 5.99. The fourth-order valence-electron chi connectivity index (χ4n) is 3.91. The van der Waals surface area contributed by atoms with E-state index in [0.717, 1.165) is 16.7 Å². The van der Waals surface area contributed by atoms with E-state index in [1.807, 2.05) is 48.5 Å². The van der Waals surface area contributed by atoms with Crippen molar-refractivity contribution < 1.29 is 24.1 Å². The van der Waals surface area contributed by atoms with E-state index in [9.17, 15) is 9.90 Å². The lowest BCUT2D eigenvalue weighted by Gasteiger charge is -2.19. The maximum Gasteiger partial charge on any atom is 0.228 e. The van der Waals surface area contributed by atoms with Crippen molar-refractivity contribution in [1.29, 1.82) is 0 Å². The summed E-state index contributed by atoms with van der Waals surface area (Å²) in [6, 6.07) is 18.8. The van der Waals surface area contributed by atoms with Gasteiger partial charge in [0.1, 0.15) is 12.4 Å². The summed E-state index contributed by atoms with van der Waals surface area (Å²) in [4.78, 5) is 11.8. The second-order valence-corrected chi connectivity index (χ2v) is 7.61. The zero-order valence-corrected chi connectivity index (χ0v) is 18.6. The number of anilines is 1. The molecular weight excluding hydrogens is 418 g/mol. The van der Waals surface area contributed by atoms with Crippen LogP contribution in [0.25, 0.3) is 0 Å². The molecule has 4 rings (SSSR count). The Morgan fingerprint density at radius 3 is 2.61 bits per heavy atom. The molecule has 0 saturated carbocycles. The monoisotopic (exact) mass is 443 g/mol. The van der Waals surface area contributed by atoms with Gasteiger partial charge in [-0.2, -0.15) is 0 Å². The molecule has 6 nitrogen and oxygen atoms in total. The van der Waals surface area contributed by atoms with Gasteiger partial charge in [0.2, 0.25) is 5.91 Å². The van der Waals surface area contributed by atoms with Crippen LogP contribution >= 0.6 is 0 Å². The van der Waals surface area contributed by atoms with Crippen molar-refractivity contribution >= 4 is 11.6 Å². The van der Waals surface area contributed by atoms with E-state index in [1.165, 1.54) is 0 Å². The zero-order chi connectivity index (χ0) is 23.2. The first-order valence-electron chi connectivity index (χ1n) is 10.6. The summed E-state index contributed by atoms with van der Waals surface area (Å²) >= 11 is 0. The third-order valence-electron chi connectivity index (χ3n) is 5.47. The minimum absolute atomic E-state index is 0.0466. The third-order valence-corrected chi connectivity index (χ3v) is 5.47. The van der Waals surface area contributed by atoms with Gasteiger partial charge in [0.15, 0.2) is 11.5 Å². The van der Waals surface area contributed by atoms with Crippen molar-refractivity contribution in [3.63, 3.8) is 0 Å². The molecule has 6 heteroatoms. The van der Waals surface area contributed by atoms with Crippen molar-refractivity contribution in [3.8, 4) is 29.1 Å². The van der Waals surface area contributed by atoms with Gasteiger partial charge in [-0.25, -0.2) is 0 Å². The number of rotatable bonds is 7. The normalized spacial score (nSPS) is 12.8. The molecule has 2 N–H and O–H groups in total. The second kappa shape index (κ2) is 10.1. The molecule has 3 aromatic carbocycles. The Hall–Kier alpha value is -3.95. The first-order valence-corrected chi connectivity index (χ1v) is 10.6. The van der Waals surface area contributed by atoms with Crippen LogP contribution in [0.5, 0.6) is 17.2 Å². The van der Waals surface area contributed by atoms with Crippen molar-refractivity contribution in [3.05, 3.63) is 82.9 Å². The van der Waals surface area contributed by atoms with E-state index in [0.29, 0.717) is 29.4 Å². The topological polar surface area (TPSA) is 77.0 Å². The minimum atomic E-state index is -0.517. The first-order chi connectivity index (χ1) is 16.1. The van der Waals surface area contributed by atoms with Gasteiger partial charge in [-0.05, 0) is 23.3 Å². The number of para-hydroxylation sites is 1. The predicted octanol–water partition coefficient (Wildman–Crippen LogP) is 4.26. The molecule has 0 aliphatic carbocycles. The molecule has 1 aliphatic heterocycles. The van der Waals surface area contributed by atoms with Gasteiger partial charge in [-0.1, -0.05) is 54.3 Å². The van der Waals surface area contributed by atoms with Crippen LogP contribution in [0.4, 0.5) is 5.69 Å². The van der Waals surface area contributed by atoms with Crippen LogP contribution in [-0.2, 0) is 22.6 Å². The van der Waals surface area contributed by atoms with Crippen LogP contribution in [0.1, 0.15) is 28.2 Å². The summed E-state index contributed by atoms with van der Waals surface area (Å²) in [5, 5.41) is 13.6. The lowest BCUT2D eigenvalue weighted by Crippen LogP contribution is -2.05. The van der Waals surface area contributed by atoms with Crippen LogP contribution < -0.4 is 14.8 Å². The van der Waals surface area contributed by atoms with Crippen LogP contribution in [0.2, 0.25) is 0 Å². The fourth-order valence-corrected chi connectivity index (χ4v) is 3.91. The van der Waals surface area contributed by atoms with Crippen molar-refractivity contribution in [2.45, 2.75) is 18.9 Å². The van der Waals surface area contributed by atoms with Crippen LogP contribution in [0, 0.1) is 11.8 Å². The number of benzene rings is 3. The molecule has 0 radical (unpaired) electrons. The number of hydrogen-bond donors (Lipinski definition) is 2. The largest absolute Gasteiger partial charge is 0.508 e. The average Bonchev–Trinajstić information content (AvgIpc) is 3.19. The standard InChI is InChI=1S/C27H25NO5/c1-31-25-12-6-10-21(27(25)32-2)20(11-7-13-33-17-18-8-4-3-5-9-18)22-14-19-15-26(30)28-23(19)16-24(22)29/h3-6,8-10,12,14,16,20,29H,13,15,17H2,1-2H3,(H,28,30). The summed E-state index contributed by atoms with van der Waals surface area (Å²) in [6.45, 7) is 0.684. The molecule has 1 atom stereocenters. The Kier molecular flexibility index (Phi) is 6.82. The number of phenolic OH excluding ortho intramolecular Hbond substituents is 1. The molecule has 1 unspecified atom stereocenters. The summed E-state index contributed by atoms with van der Waals surface area (Å²) < 4.78 is 16.8. The Balaban J connectivity index is 1.67. The summed E-state index contributed by atoms with van der Waals surface area (Å²) in [6.07, 6.45) is 0.262. The van der Waals surface area contributed by atoms with E-state index in [2.05, 4.69) is 17.2 Å². The van der Waals surface area contributed by atoms with Gasteiger partial charge < -0.3 is 24.6 Å². The van der Waals surface area contributed by atoms with E-state index < -0.39 is 5.92 Å². The van der Waals surface area contributed by atoms with Crippen molar-refractivity contribution in [2.24, 2.45) is 0 Å². The molecule has 1 heterocycles. The van der Waals surface area contributed by atoms with Crippen LogP contribution in [-0.4, -0.2) is 31.8 Å². The van der Waals surface area contributed by atoms with Gasteiger partial charge in [-0.15, -0.1) is 0 Å². The molecule has 0 spiro atoms. The number of methoxy groups -OCH3 is 2. The Morgan fingerprint density at radius 2 is 1.85 bits per heavy atom. The lowest BCUT2D eigenvalue weighted by atomic mass is 9.88. The van der Waals surface area contributed by atoms with Crippen molar-refractivity contribution in [1.82, 2.24) is 0 Å².